The van der Waals surface area contributed by atoms with Gasteiger partial charge in [-0.05, 0) is 34.7 Å². The molecule has 2 aromatic rings. The number of hydrogen-bond acceptors (Lipinski definition) is 3. The molecule has 0 radical (unpaired) electrons. The molecular weight excluding hydrogens is 391 g/mol. The van der Waals surface area contributed by atoms with Crippen LogP contribution in [0.5, 0.6) is 0 Å². The van der Waals surface area contributed by atoms with Crippen LogP contribution in [0.1, 0.15) is 44.7 Å². The second-order valence-electron chi connectivity index (χ2n) is 8.58. The SMILES string of the molecule is CC(C)(C)CC(=O)N(Cc1ccccc1Cl)C[C@H]1CC(c2ccc(F)cc2)=NO1. The number of carbonyl (C=O) groups excluding carboxylic acids is 1. The molecule has 0 unspecified atom stereocenters. The van der Waals surface area contributed by atoms with Crippen molar-refractivity contribution in [3.05, 3.63) is 70.5 Å². The summed E-state index contributed by atoms with van der Waals surface area (Å²) in [6.07, 6.45) is 0.741. The zero-order valence-corrected chi connectivity index (χ0v) is 17.7. The number of nitrogens with zero attached hydrogens (tertiary/aromatic N) is 2. The molecule has 1 aliphatic heterocycles. The van der Waals surface area contributed by atoms with Crippen molar-refractivity contribution < 1.29 is 14.0 Å². The molecule has 3 rings (SSSR count). The smallest absolute Gasteiger partial charge is 0.223 e. The molecule has 1 heterocycles. The van der Waals surface area contributed by atoms with Crippen molar-refractivity contribution in [2.45, 2.75) is 46.3 Å². The lowest BCUT2D eigenvalue weighted by molar-refractivity contribution is -0.135. The summed E-state index contributed by atoms with van der Waals surface area (Å²) >= 11 is 6.32. The predicted molar refractivity (Wildman–Crippen MR) is 113 cm³/mol. The zero-order chi connectivity index (χ0) is 21.0. The fourth-order valence-electron chi connectivity index (χ4n) is 3.24. The van der Waals surface area contributed by atoms with E-state index in [1.807, 2.05) is 45.0 Å². The van der Waals surface area contributed by atoms with Crippen molar-refractivity contribution in [1.29, 1.82) is 0 Å². The number of halogens is 2. The molecule has 0 saturated heterocycles. The normalized spacial score (nSPS) is 16.3. The highest BCUT2D eigenvalue weighted by atomic mass is 35.5. The first kappa shape index (κ1) is 21.3. The second-order valence-corrected chi connectivity index (χ2v) is 8.99. The van der Waals surface area contributed by atoms with E-state index in [2.05, 4.69) is 5.16 Å². The van der Waals surface area contributed by atoms with Crippen LogP contribution in [0.15, 0.2) is 53.7 Å². The third-order valence-corrected chi connectivity index (χ3v) is 5.06. The van der Waals surface area contributed by atoms with Crippen LogP contribution in [-0.4, -0.2) is 29.2 Å². The second kappa shape index (κ2) is 8.95. The van der Waals surface area contributed by atoms with Gasteiger partial charge >= 0.3 is 0 Å². The van der Waals surface area contributed by atoms with Crippen LogP contribution in [0, 0.1) is 11.2 Å². The molecule has 154 valence electrons. The van der Waals surface area contributed by atoms with E-state index in [9.17, 15) is 9.18 Å². The summed E-state index contributed by atoms with van der Waals surface area (Å²) in [6.45, 7) is 6.95. The van der Waals surface area contributed by atoms with Gasteiger partial charge in [-0.2, -0.15) is 0 Å². The van der Waals surface area contributed by atoms with Gasteiger partial charge in [-0.25, -0.2) is 4.39 Å². The van der Waals surface area contributed by atoms with E-state index in [0.717, 1.165) is 16.8 Å². The van der Waals surface area contributed by atoms with Crippen molar-refractivity contribution >= 4 is 23.2 Å². The van der Waals surface area contributed by atoms with E-state index in [1.165, 1.54) is 12.1 Å². The van der Waals surface area contributed by atoms with E-state index in [4.69, 9.17) is 16.4 Å². The van der Waals surface area contributed by atoms with Crippen molar-refractivity contribution in [2.24, 2.45) is 10.6 Å². The molecule has 29 heavy (non-hydrogen) atoms. The largest absolute Gasteiger partial charge is 0.390 e. The number of rotatable bonds is 6. The molecule has 2 aromatic carbocycles. The number of benzene rings is 2. The van der Waals surface area contributed by atoms with E-state index in [0.29, 0.717) is 31.0 Å². The molecule has 0 aromatic heterocycles. The van der Waals surface area contributed by atoms with Gasteiger partial charge < -0.3 is 9.74 Å². The molecule has 0 saturated carbocycles. The highest BCUT2D eigenvalue weighted by Gasteiger charge is 2.29. The van der Waals surface area contributed by atoms with Crippen molar-refractivity contribution in [2.75, 3.05) is 6.54 Å². The van der Waals surface area contributed by atoms with Gasteiger partial charge in [0.05, 0.1) is 12.3 Å². The first-order valence-corrected chi connectivity index (χ1v) is 10.1. The lowest BCUT2D eigenvalue weighted by atomic mass is 9.91. The van der Waals surface area contributed by atoms with Crippen LogP contribution < -0.4 is 0 Å². The first-order valence-electron chi connectivity index (χ1n) is 9.71. The van der Waals surface area contributed by atoms with Crippen LogP contribution in [0.25, 0.3) is 0 Å². The van der Waals surface area contributed by atoms with E-state index < -0.39 is 0 Å². The van der Waals surface area contributed by atoms with E-state index in [1.54, 1.807) is 17.0 Å². The standard InChI is InChI=1S/C23H26ClFN2O2/c1-23(2,3)13-22(28)27(14-17-6-4-5-7-20(17)24)15-19-12-21(26-29-19)16-8-10-18(25)11-9-16/h4-11,19H,12-15H2,1-3H3/t19-/m1/s1. The van der Waals surface area contributed by atoms with Gasteiger partial charge in [-0.15, -0.1) is 0 Å². The predicted octanol–water partition coefficient (Wildman–Crippen LogP) is 5.44. The Kier molecular flexibility index (Phi) is 6.58. The lowest BCUT2D eigenvalue weighted by Crippen LogP contribution is -2.38. The van der Waals surface area contributed by atoms with Gasteiger partial charge in [0, 0.05) is 24.4 Å². The molecule has 1 amide bonds. The van der Waals surface area contributed by atoms with Crippen molar-refractivity contribution in [3.63, 3.8) is 0 Å². The monoisotopic (exact) mass is 416 g/mol. The fraction of sp³-hybridized carbons (Fsp3) is 0.391. The number of hydrogen-bond donors (Lipinski definition) is 0. The number of oxime groups is 1. The summed E-state index contributed by atoms with van der Waals surface area (Å²) in [5.41, 5.74) is 2.36. The van der Waals surface area contributed by atoms with Crippen LogP contribution in [0.3, 0.4) is 0 Å². The van der Waals surface area contributed by atoms with Gasteiger partial charge in [0.1, 0.15) is 5.82 Å². The molecule has 0 fully saturated rings. The van der Waals surface area contributed by atoms with Gasteiger partial charge in [-0.3, -0.25) is 4.79 Å². The fourth-order valence-corrected chi connectivity index (χ4v) is 3.43. The molecule has 0 N–H and O–H groups in total. The maximum Gasteiger partial charge on any atom is 0.223 e. The maximum atomic E-state index is 13.2. The van der Waals surface area contributed by atoms with Crippen LogP contribution in [0.2, 0.25) is 5.02 Å². The Labute approximate surface area is 176 Å². The Balaban J connectivity index is 1.71. The highest BCUT2D eigenvalue weighted by Crippen LogP contribution is 2.25. The topological polar surface area (TPSA) is 41.9 Å². The summed E-state index contributed by atoms with van der Waals surface area (Å²) < 4.78 is 13.2. The Morgan fingerprint density at radius 3 is 2.55 bits per heavy atom. The van der Waals surface area contributed by atoms with Gasteiger partial charge in [-0.1, -0.05) is 67.9 Å². The lowest BCUT2D eigenvalue weighted by Gasteiger charge is -2.28. The molecule has 1 atom stereocenters. The van der Waals surface area contributed by atoms with Gasteiger partial charge in [0.25, 0.3) is 0 Å². The van der Waals surface area contributed by atoms with Crippen molar-refractivity contribution in [1.82, 2.24) is 4.90 Å². The Hall–Kier alpha value is -2.40. The third-order valence-electron chi connectivity index (χ3n) is 4.69. The minimum Gasteiger partial charge on any atom is -0.390 e. The summed E-state index contributed by atoms with van der Waals surface area (Å²) in [7, 11) is 0. The summed E-state index contributed by atoms with van der Waals surface area (Å²) in [5, 5.41) is 4.79. The number of amides is 1. The Morgan fingerprint density at radius 2 is 1.90 bits per heavy atom. The molecular formula is C23H26ClFN2O2. The summed E-state index contributed by atoms with van der Waals surface area (Å²) in [4.78, 5) is 20.4. The van der Waals surface area contributed by atoms with E-state index >= 15 is 0 Å². The number of carbonyl (C=O) groups is 1. The maximum absolute atomic E-state index is 13.2. The quantitative estimate of drug-likeness (QED) is 0.629. The average molecular weight is 417 g/mol. The summed E-state index contributed by atoms with van der Waals surface area (Å²) in [5.74, 6) is -0.236. The average Bonchev–Trinajstić information content (AvgIpc) is 3.10. The van der Waals surface area contributed by atoms with Crippen LogP contribution in [0.4, 0.5) is 4.39 Å². The molecule has 4 nitrogen and oxygen atoms in total. The third kappa shape index (κ3) is 6.04. The van der Waals surface area contributed by atoms with Crippen molar-refractivity contribution in [3.8, 4) is 0 Å². The van der Waals surface area contributed by atoms with Crippen LogP contribution in [-0.2, 0) is 16.2 Å². The minimum atomic E-state index is -0.288. The zero-order valence-electron chi connectivity index (χ0n) is 17.0. The van der Waals surface area contributed by atoms with Gasteiger partial charge in [0.2, 0.25) is 5.91 Å². The van der Waals surface area contributed by atoms with Gasteiger partial charge in [0.15, 0.2) is 6.10 Å². The summed E-state index contributed by atoms with van der Waals surface area (Å²) in [6, 6.07) is 13.7. The molecule has 6 heteroatoms. The molecule has 0 aliphatic carbocycles. The molecule has 0 spiro atoms. The van der Waals surface area contributed by atoms with Crippen LogP contribution >= 0.6 is 11.6 Å². The Morgan fingerprint density at radius 1 is 1.21 bits per heavy atom. The first-order chi connectivity index (χ1) is 13.7. The molecule has 1 aliphatic rings. The highest BCUT2D eigenvalue weighted by molar-refractivity contribution is 6.31. The minimum absolute atomic E-state index is 0.0521. The Bertz CT molecular complexity index is 890. The van der Waals surface area contributed by atoms with E-state index in [-0.39, 0.29) is 23.2 Å². The molecule has 0 bridgehead atoms.